The second-order valence-corrected chi connectivity index (χ2v) is 8.80. The van der Waals surface area contributed by atoms with Crippen LogP contribution >= 0.6 is 0 Å². The molecular weight excluding hydrogens is 368 g/mol. The maximum atomic E-state index is 13.0. The Bertz CT molecular complexity index is 766. The van der Waals surface area contributed by atoms with Gasteiger partial charge in [-0.15, -0.1) is 0 Å². The number of piperidine rings is 1. The summed E-state index contributed by atoms with van der Waals surface area (Å²) in [4.78, 5) is 41.3. The Hall–Kier alpha value is -2.41. The van der Waals surface area contributed by atoms with Gasteiger partial charge in [0.25, 0.3) is 11.8 Å². The normalized spacial score (nSPS) is 28.6. The van der Waals surface area contributed by atoms with E-state index in [2.05, 4.69) is 22.5 Å². The number of nitrogens with zero attached hydrogens (tertiary/aromatic N) is 2. The fourth-order valence-corrected chi connectivity index (χ4v) is 4.68. The first kappa shape index (κ1) is 19.9. The number of amides is 4. The molecule has 29 heavy (non-hydrogen) atoms. The Morgan fingerprint density at radius 1 is 1.10 bits per heavy atom. The number of hydrogen-bond donors (Lipinski definition) is 2. The molecule has 7 nitrogen and oxygen atoms in total. The minimum absolute atomic E-state index is 0.0494. The molecule has 3 aliphatic rings. The average Bonchev–Trinajstić information content (AvgIpc) is 2.96. The van der Waals surface area contributed by atoms with Crippen molar-refractivity contribution >= 4 is 17.8 Å². The summed E-state index contributed by atoms with van der Waals surface area (Å²) in [6.07, 6.45) is 5.06. The van der Waals surface area contributed by atoms with E-state index in [0.29, 0.717) is 18.2 Å². The van der Waals surface area contributed by atoms with Crippen LogP contribution < -0.4 is 10.6 Å². The van der Waals surface area contributed by atoms with Gasteiger partial charge in [0.15, 0.2) is 0 Å². The third-order valence-corrected chi connectivity index (χ3v) is 6.67. The number of hydrogen-bond acceptors (Lipinski definition) is 4. The van der Waals surface area contributed by atoms with Gasteiger partial charge in [-0.05, 0) is 56.6 Å². The Kier molecular flexibility index (Phi) is 5.58. The van der Waals surface area contributed by atoms with Gasteiger partial charge in [0.1, 0.15) is 5.54 Å². The van der Waals surface area contributed by atoms with E-state index < -0.39 is 5.54 Å². The number of nitrogens with one attached hydrogen (secondary N) is 2. The van der Waals surface area contributed by atoms with E-state index in [1.165, 1.54) is 4.90 Å². The predicted molar refractivity (Wildman–Crippen MR) is 109 cm³/mol. The zero-order valence-corrected chi connectivity index (χ0v) is 17.0. The minimum atomic E-state index is -0.675. The van der Waals surface area contributed by atoms with Gasteiger partial charge >= 0.3 is 6.03 Å². The smallest absolute Gasteiger partial charge is 0.326 e. The zero-order chi connectivity index (χ0) is 20.4. The van der Waals surface area contributed by atoms with Crippen LogP contribution in [0.15, 0.2) is 30.3 Å². The van der Waals surface area contributed by atoms with Gasteiger partial charge in [-0.1, -0.05) is 25.1 Å². The third-order valence-electron chi connectivity index (χ3n) is 6.67. The Balaban J connectivity index is 1.28. The fraction of sp³-hybridized carbons (Fsp3) is 0.591. The molecule has 0 bridgehead atoms. The van der Waals surface area contributed by atoms with Crippen molar-refractivity contribution in [3.63, 3.8) is 0 Å². The summed E-state index contributed by atoms with van der Waals surface area (Å²) >= 11 is 0. The van der Waals surface area contributed by atoms with Crippen LogP contribution in [0.4, 0.5) is 4.79 Å². The highest BCUT2D eigenvalue weighted by molar-refractivity contribution is 6.07. The number of benzene rings is 1. The number of carbonyl (C=O) groups excluding carboxylic acids is 3. The molecule has 0 aromatic heterocycles. The van der Waals surface area contributed by atoms with Crippen molar-refractivity contribution in [1.29, 1.82) is 0 Å². The first-order valence-corrected chi connectivity index (χ1v) is 10.7. The van der Waals surface area contributed by atoms with E-state index in [-0.39, 0.29) is 23.9 Å². The summed E-state index contributed by atoms with van der Waals surface area (Å²) in [5.74, 6) is 0.505. The van der Waals surface area contributed by atoms with Crippen LogP contribution in [0.25, 0.3) is 0 Å². The quantitative estimate of drug-likeness (QED) is 0.763. The highest BCUT2D eigenvalue weighted by Crippen LogP contribution is 2.36. The molecule has 2 saturated heterocycles. The Morgan fingerprint density at radius 3 is 2.41 bits per heavy atom. The SMILES string of the molecule is CC1CCC2(CC1)NC(=O)N(CN1CCC(NC(=O)c3ccccc3)CC1)C2=O. The lowest BCUT2D eigenvalue weighted by atomic mass is 9.77. The standard InChI is InChI=1S/C22H30N4O3/c1-16-7-11-22(12-8-16)20(28)26(21(29)24-22)15-25-13-9-18(10-14-25)23-19(27)17-5-3-2-4-6-17/h2-6,16,18H,7-15H2,1H3,(H,23,27)(H,24,29). The summed E-state index contributed by atoms with van der Waals surface area (Å²) in [6.45, 7) is 4.04. The molecular formula is C22H30N4O3. The van der Waals surface area contributed by atoms with Gasteiger partial charge < -0.3 is 10.6 Å². The van der Waals surface area contributed by atoms with E-state index in [9.17, 15) is 14.4 Å². The Morgan fingerprint density at radius 2 is 1.76 bits per heavy atom. The molecule has 2 aliphatic heterocycles. The predicted octanol–water partition coefficient (Wildman–Crippen LogP) is 2.34. The molecule has 0 atom stereocenters. The van der Waals surface area contributed by atoms with Crippen LogP contribution in [0.3, 0.4) is 0 Å². The van der Waals surface area contributed by atoms with Crippen LogP contribution in [-0.2, 0) is 4.79 Å². The molecule has 1 aliphatic carbocycles. The molecule has 0 unspecified atom stereocenters. The number of imide groups is 1. The maximum Gasteiger partial charge on any atom is 0.326 e. The monoisotopic (exact) mass is 398 g/mol. The topological polar surface area (TPSA) is 81.8 Å². The van der Waals surface area contributed by atoms with Gasteiger partial charge in [0.05, 0.1) is 6.67 Å². The molecule has 1 spiro atoms. The molecule has 156 valence electrons. The van der Waals surface area contributed by atoms with Crippen molar-refractivity contribution in [1.82, 2.24) is 20.4 Å². The zero-order valence-electron chi connectivity index (χ0n) is 17.0. The minimum Gasteiger partial charge on any atom is -0.349 e. The van der Waals surface area contributed by atoms with Crippen LogP contribution in [-0.4, -0.2) is 59.0 Å². The molecule has 3 fully saturated rings. The van der Waals surface area contributed by atoms with Crippen molar-refractivity contribution in [2.24, 2.45) is 5.92 Å². The van der Waals surface area contributed by atoms with Gasteiger partial charge in [-0.3, -0.25) is 14.5 Å². The first-order chi connectivity index (χ1) is 14.0. The summed E-state index contributed by atoms with van der Waals surface area (Å²) in [7, 11) is 0. The maximum absolute atomic E-state index is 13.0. The molecule has 1 aromatic carbocycles. The van der Waals surface area contributed by atoms with Crippen molar-refractivity contribution in [2.75, 3.05) is 19.8 Å². The largest absolute Gasteiger partial charge is 0.349 e. The van der Waals surface area contributed by atoms with Crippen LogP contribution in [0, 0.1) is 5.92 Å². The lowest BCUT2D eigenvalue weighted by molar-refractivity contribution is -0.134. The van der Waals surface area contributed by atoms with Crippen LogP contribution in [0.1, 0.15) is 55.8 Å². The number of carbonyl (C=O) groups is 3. The van der Waals surface area contributed by atoms with E-state index in [1.54, 1.807) is 0 Å². The van der Waals surface area contributed by atoms with Gasteiger partial charge in [0.2, 0.25) is 0 Å². The van der Waals surface area contributed by atoms with E-state index in [4.69, 9.17) is 0 Å². The van der Waals surface area contributed by atoms with Gasteiger partial charge in [-0.25, -0.2) is 9.69 Å². The van der Waals surface area contributed by atoms with E-state index in [1.807, 2.05) is 30.3 Å². The van der Waals surface area contributed by atoms with Gasteiger partial charge in [0, 0.05) is 24.7 Å². The molecule has 1 saturated carbocycles. The summed E-state index contributed by atoms with van der Waals surface area (Å²) < 4.78 is 0. The number of rotatable bonds is 4. The van der Waals surface area contributed by atoms with E-state index >= 15 is 0 Å². The van der Waals surface area contributed by atoms with Crippen LogP contribution in [0.2, 0.25) is 0 Å². The van der Waals surface area contributed by atoms with Crippen molar-refractivity contribution < 1.29 is 14.4 Å². The average molecular weight is 399 g/mol. The summed E-state index contributed by atoms with van der Waals surface area (Å²) in [5.41, 5.74) is -0.00710. The summed E-state index contributed by atoms with van der Waals surface area (Å²) in [6, 6.07) is 9.08. The van der Waals surface area contributed by atoms with Crippen LogP contribution in [0.5, 0.6) is 0 Å². The second-order valence-electron chi connectivity index (χ2n) is 8.80. The summed E-state index contributed by atoms with van der Waals surface area (Å²) in [5, 5.41) is 6.08. The van der Waals surface area contributed by atoms with Gasteiger partial charge in [-0.2, -0.15) is 0 Å². The van der Waals surface area contributed by atoms with Crippen molar-refractivity contribution in [3.8, 4) is 0 Å². The highest BCUT2D eigenvalue weighted by atomic mass is 16.2. The molecule has 4 amide bonds. The Labute approximate surface area is 171 Å². The van der Waals surface area contributed by atoms with E-state index in [0.717, 1.165) is 51.6 Å². The fourth-order valence-electron chi connectivity index (χ4n) is 4.68. The van der Waals surface area contributed by atoms with Crippen molar-refractivity contribution in [3.05, 3.63) is 35.9 Å². The number of likely N-dealkylation sites (tertiary alicyclic amines) is 1. The first-order valence-electron chi connectivity index (χ1n) is 10.7. The molecule has 1 aromatic rings. The lowest BCUT2D eigenvalue weighted by Crippen LogP contribution is -2.51. The number of urea groups is 1. The molecule has 2 N–H and O–H groups in total. The molecule has 7 heteroatoms. The molecule has 2 heterocycles. The molecule has 0 radical (unpaired) electrons. The highest BCUT2D eigenvalue weighted by Gasteiger charge is 2.52. The van der Waals surface area contributed by atoms with Crippen molar-refractivity contribution in [2.45, 2.75) is 57.0 Å². The molecule has 4 rings (SSSR count). The lowest BCUT2D eigenvalue weighted by Gasteiger charge is -2.35. The second kappa shape index (κ2) is 8.14. The third kappa shape index (κ3) is 4.15.